The molecule has 2 amide bonds. The number of fused-ring (bicyclic) bond motifs is 1. The maximum atomic E-state index is 13.8. The number of carbonyl (C=O) groups is 2. The smallest absolute Gasteiger partial charge is 0.273 e. The third kappa shape index (κ3) is 2.77. The number of imide groups is 1. The molecule has 0 spiro atoms. The average Bonchev–Trinajstić information content (AvgIpc) is 2.83. The molecule has 2 aromatic rings. The molecule has 2 aromatic carbocycles. The van der Waals surface area contributed by atoms with Gasteiger partial charge in [0.25, 0.3) is 11.8 Å². The highest BCUT2D eigenvalue weighted by atomic mass is 19.4. The number of hydrogen-bond donors (Lipinski definition) is 0. The Morgan fingerprint density at radius 1 is 0.667 bits per heavy atom. The molecule has 3 rings (SSSR count). The highest BCUT2D eigenvalue weighted by Gasteiger charge is 2.72. The number of nitrogens with zero attached hydrogens (tertiary/aromatic N) is 1. The van der Waals surface area contributed by atoms with Crippen LogP contribution < -0.4 is 0 Å². The van der Waals surface area contributed by atoms with E-state index in [9.17, 15) is 35.9 Å². The molecule has 0 saturated carbocycles. The van der Waals surface area contributed by atoms with Crippen molar-refractivity contribution in [3.8, 4) is 0 Å². The number of halogens is 6. The number of amides is 2. The van der Waals surface area contributed by atoms with Crippen molar-refractivity contribution < 1.29 is 35.9 Å². The van der Waals surface area contributed by atoms with E-state index < -0.39 is 41.7 Å². The van der Waals surface area contributed by atoms with Gasteiger partial charge in [-0.25, -0.2) is 0 Å². The van der Waals surface area contributed by atoms with Gasteiger partial charge in [0.1, 0.15) is 0 Å². The third-order valence-electron chi connectivity index (χ3n) is 4.51. The van der Waals surface area contributed by atoms with E-state index in [1.54, 1.807) is 0 Å². The average molecular weight is 387 g/mol. The third-order valence-corrected chi connectivity index (χ3v) is 4.51. The van der Waals surface area contributed by atoms with Crippen LogP contribution in [-0.4, -0.2) is 35.6 Å². The molecular weight excluding hydrogens is 376 g/mol. The van der Waals surface area contributed by atoms with Gasteiger partial charge < -0.3 is 0 Å². The summed E-state index contributed by atoms with van der Waals surface area (Å²) in [7, 11) is 0. The van der Waals surface area contributed by atoms with Crippen LogP contribution in [0.15, 0.2) is 54.6 Å². The lowest BCUT2D eigenvalue weighted by Crippen LogP contribution is -2.60. The summed E-state index contributed by atoms with van der Waals surface area (Å²) in [5.41, 5.74) is -5.96. The van der Waals surface area contributed by atoms with Crippen LogP contribution in [0, 0.1) is 0 Å². The van der Waals surface area contributed by atoms with Crippen LogP contribution in [-0.2, 0) is 5.41 Å². The molecule has 0 bridgehead atoms. The molecule has 3 nitrogen and oxygen atoms in total. The van der Waals surface area contributed by atoms with Crippen LogP contribution in [0.4, 0.5) is 26.3 Å². The number of alkyl halides is 6. The van der Waals surface area contributed by atoms with Crippen molar-refractivity contribution in [1.82, 2.24) is 4.90 Å². The van der Waals surface area contributed by atoms with Crippen molar-refractivity contribution in [2.24, 2.45) is 0 Å². The summed E-state index contributed by atoms with van der Waals surface area (Å²) in [4.78, 5) is 24.7. The first-order chi connectivity index (χ1) is 12.5. The van der Waals surface area contributed by atoms with E-state index in [1.807, 2.05) is 0 Å². The molecule has 1 heterocycles. The lowest BCUT2D eigenvalue weighted by atomic mass is 9.78. The van der Waals surface area contributed by atoms with Crippen molar-refractivity contribution in [2.45, 2.75) is 17.8 Å². The molecule has 9 heteroatoms. The molecule has 0 N–H and O–H groups in total. The maximum absolute atomic E-state index is 13.8. The Morgan fingerprint density at radius 2 is 1.07 bits per heavy atom. The van der Waals surface area contributed by atoms with Gasteiger partial charge in [-0.05, 0) is 17.7 Å². The molecule has 0 saturated heterocycles. The van der Waals surface area contributed by atoms with Gasteiger partial charge in [-0.3, -0.25) is 14.5 Å². The van der Waals surface area contributed by atoms with Crippen LogP contribution >= 0.6 is 0 Å². The number of benzene rings is 2. The zero-order valence-electron chi connectivity index (χ0n) is 13.4. The topological polar surface area (TPSA) is 37.4 Å². The second-order valence-electron chi connectivity index (χ2n) is 6.01. The van der Waals surface area contributed by atoms with E-state index in [-0.39, 0.29) is 16.0 Å². The predicted octanol–water partition coefficient (Wildman–Crippen LogP) is 4.35. The molecule has 1 aliphatic heterocycles. The van der Waals surface area contributed by atoms with Gasteiger partial charge in [-0.2, -0.15) is 26.3 Å². The second-order valence-corrected chi connectivity index (χ2v) is 6.01. The van der Waals surface area contributed by atoms with Crippen LogP contribution in [0.1, 0.15) is 26.3 Å². The van der Waals surface area contributed by atoms with Gasteiger partial charge in [0.05, 0.1) is 17.7 Å². The molecule has 142 valence electrons. The normalized spacial score (nSPS) is 15.3. The van der Waals surface area contributed by atoms with Gasteiger partial charge in [-0.1, -0.05) is 42.5 Å². The monoisotopic (exact) mass is 387 g/mol. The van der Waals surface area contributed by atoms with Gasteiger partial charge in [-0.15, -0.1) is 0 Å². The zero-order chi connectivity index (χ0) is 20.0. The van der Waals surface area contributed by atoms with E-state index >= 15 is 0 Å². The fourth-order valence-corrected chi connectivity index (χ4v) is 3.10. The summed E-state index contributed by atoms with van der Waals surface area (Å²) in [5, 5.41) is 0. The van der Waals surface area contributed by atoms with Gasteiger partial charge in [0.15, 0.2) is 0 Å². The quantitative estimate of drug-likeness (QED) is 0.580. The molecule has 0 radical (unpaired) electrons. The fraction of sp³-hybridized carbons (Fsp3) is 0.222. The molecular formula is C18H11F6NO2. The summed E-state index contributed by atoms with van der Waals surface area (Å²) >= 11 is 0. The fourth-order valence-electron chi connectivity index (χ4n) is 3.10. The van der Waals surface area contributed by atoms with Crippen LogP contribution in [0.2, 0.25) is 0 Å². The zero-order valence-corrected chi connectivity index (χ0v) is 13.4. The van der Waals surface area contributed by atoms with E-state index in [0.29, 0.717) is 12.1 Å². The molecule has 1 aliphatic rings. The molecule has 0 atom stereocenters. The Kier molecular flexibility index (Phi) is 4.28. The second kappa shape index (κ2) is 6.11. The van der Waals surface area contributed by atoms with E-state index in [2.05, 4.69) is 0 Å². The van der Waals surface area contributed by atoms with Crippen molar-refractivity contribution in [2.75, 3.05) is 6.54 Å². The highest BCUT2D eigenvalue weighted by Crippen LogP contribution is 2.53. The minimum atomic E-state index is -5.80. The Labute approximate surface area is 149 Å². The van der Waals surface area contributed by atoms with Gasteiger partial charge in [0, 0.05) is 0 Å². The summed E-state index contributed by atoms with van der Waals surface area (Å²) in [5.74, 6) is -2.38. The Morgan fingerprint density at radius 3 is 1.48 bits per heavy atom. The summed E-state index contributed by atoms with van der Waals surface area (Å²) in [6.45, 7) is -1.89. The van der Waals surface area contributed by atoms with Gasteiger partial charge in [0.2, 0.25) is 5.41 Å². The van der Waals surface area contributed by atoms with Crippen LogP contribution in [0.3, 0.4) is 0 Å². The Bertz CT molecular complexity index is 840. The predicted molar refractivity (Wildman–Crippen MR) is 82.0 cm³/mol. The first-order valence-corrected chi connectivity index (χ1v) is 7.65. The number of hydrogen-bond acceptors (Lipinski definition) is 2. The molecule has 0 unspecified atom stereocenters. The minimum Gasteiger partial charge on any atom is -0.273 e. The van der Waals surface area contributed by atoms with E-state index in [1.165, 1.54) is 30.3 Å². The standard InChI is InChI=1S/C18H11F6NO2/c19-17(20,21)16(18(22,23)24,11-6-2-1-3-7-11)10-25-14(26)12-8-4-5-9-13(12)15(25)27/h1-9H,10H2. The largest absolute Gasteiger partial charge is 0.408 e. The Hall–Kier alpha value is -2.84. The molecule has 0 fully saturated rings. The van der Waals surface area contributed by atoms with Crippen LogP contribution in [0.25, 0.3) is 0 Å². The summed E-state index contributed by atoms with van der Waals surface area (Å²) in [6.07, 6.45) is -11.6. The first kappa shape index (κ1) is 18.9. The summed E-state index contributed by atoms with van der Waals surface area (Å²) in [6, 6.07) is 9.79. The SMILES string of the molecule is O=C1c2ccccc2C(=O)N1CC(c1ccccc1)(C(F)(F)F)C(F)(F)F. The first-order valence-electron chi connectivity index (χ1n) is 7.65. The number of rotatable bonds is 3. The van der Waals surface area contributed by atoms with Crippen molar-refractivity contribution in [1.29, 1.82) is 0 Å². The minimum absolute atomic E-state index is 0.0125. The lowest BCUT2D eigenvalue weighted by Gasteiger charge is -2.39. The summed E-state index contributed by atoms with van der Waals surface area (Å²) < 4.78 is 82.9. The van der Waals surface area contributed by atoms with E-state index in [4.69, 9.17) is 0 Å². The lowest BCUT2D eigenvalue weighted by molar-refractivity contribution is -0.304. The Balaban J connectivity index is 2.17. The van der Waals surface area contributed by atoms with Crippen molar-refractivity contribution in [3.05, 3.63) is 71.3 Å². The molecule has 0 aliphatic carbocycles. The maximum Gasteiger partial charge on any atom is 0.408 e. The van der Waals surface area contributed by atoms with Gasteiger partial charge >= 0.3 is 12.4 Å². The van der Waals surface area contributed by atoms with Crippen molar-refractivity contribution in [3.63, 3.8) is 0 Å². The molecule has 27 heavy (non-hydrogen) atoms. The van der Waals surface area contributed by atoms with Crippen LogP contribution in [0.5, 0.6) is 0 Å². The molecule has 0 aromatic heterocycles. The number of carbonyl (C=O) groups excluding carboxylic acids is 2. The van der Waals surface area contributed by atoms with Crippen molar-refractivity contribution >= 4 is 11.8 Å². The van der Waals surface area contributed by atoms with E-state index in [0.717, 1.165) is 12.1 Å². The highest BCUT2D eigenvalue weighted by molar-refractivity contribution is 6.21.